The number of rotatable bonds is 7. The van der Waals surface area contributed by atoms with Crippen LogP contribution in [0.5, 0.6) is 17.2 Å². The zero-order valence-corrected chi connectivity index (χ0v) is 23.3. The number of nitrogens with zero attached hydrogens (tertiary/aromatic N) is 1. The van der Waals surface area contributed by atoms with Crippen molar-refractivity contribution in [2.24, 2.45) is 10.9 Å². The number of ketones is 1. The van der Waals surface area contributed by atoms with Crippen LogP contribution in [0.25, 0.3) is 0 Å². The second kappa shape index (κ2) is 11.1. The highest BCUT2D eigenvalue weighted by molar-refractivity contribution is 9.10. The number of allylic oxidation sites excluding steroid dienone is 1. The predicted molar refractivity (Wildman–Crippen MR) is 145 cm³/mol. The van der Waals surface area contributed by atoms with Crippen molar-refractivity contribution in [3.63, 3.8) is 0 Å². The standard InChI is InChI=1S/C29H32BrNO6/c1-6-36-24-14-19(11-21(30)28(24)33)26-25(29(34)37-15(2)3)16(4)31-22-12-18(13-23(32)27(22)26)17-7-9-20(35-5)10-8-17/h7-11,14-15,18,26-27,33H,6,12-13H2,1-5H3/t18-,26-,27?/m0/s1. The quantitative estimate of drug-likeness (QED) is 0.405. The van der Waals surface area contributed by atoms with Gasteiger partial charge >= 0.3 is 5.97 Å². The lowest BCUT2D eigenvalue weighted by Crippen LogP contribution is -2.41. The van der Waals surface area contributed by atoms with E-state index >= 15 is 0 Å². The van der Waals surface area contributed by atoms with Gasteiger partial charge in [0.2, 0.25) is 0 Å². The maximum Gasteiger partial charge on any atom is 0.336 e. The maximum atomic E-state index is 13.8. The average Bonchev–Trinajstić information content (AvgIpc) is 2.85. The second-order valence-corrected chi connectivity index (χ2v) is 10.5. The van der Waals surface area contributed by atoms with E-state index in [1.807, 2.05) is 31.2 Å². The van der Waals surface area contributed by atoms with E-state index < -0.39 is 17.8 Å². The molecule has 2 aliphatic rings. The summed E-state index contributed by atoms with van der Waals surface area (Å²) in [6, 6.07) is 11.2. The Hall–Kier alpha value is -3.13. The summed E-state index contributed by atoms with van der Waals surface area (Å²) >= 11 is 3.41. The molecule has 196 valence electrons. The first-order chi connectivity index (χ1) is 17.6. The molecule has 0 saturated heterocycles. The number of carbonyl (C=O) groups is 2. The largest absolute Gasteiger partial charge is 0.503 e. The monoisotopic (exact) mass is 569 g/mol. The van der Waals surface area contributed by atoms with Crippen molar-refractivity contribution in [2.45, 2.75) is 58.5 Å². The van der Waals surface area contributed by atoms with Crippen LogP contribution in [0.1, 0.15) is 63.5 Å². The molecule has 8 heteroatoms. The topological polar surface area (TPSA) is 94.4 Å². The molecule has 1 unspecified atom stereocenters. The van der Waals surface area contributed by atoms with Crippen molar-refractivity contribution in [1.29, 1.82) is 0 Å². The number of Topliss-reactive ketones (excluding diaryl/α,β-unsaturated/α-hetero) is 1. The molecule has 1 aliphatic heterocycles. The first kappa shape index (κ1) is 26.9. The van der Waals surface area contributed by atoms with E-state index in [0.717, 1.165) is 17.0 Å². The van der Waals surface area contributed by atoms with Crippen LogP contribution >= 0.6 is 15.9 Å². The second-order valence-electron chi connectivity index (χ2n) is 9.64. The van der Waals surface area contributed by atoms with Gasteiger partial charge in [-0.3, -0.25) is 9.79 Å². The van der Waals surface area contributed by atoms with E-state index in [4.69, 9.17) is 19.2 Å². The van der Waals surface area contributed by atoms with Gasteiger partial charge < -0.3 is 19.3 Å². The Morgan fingerprint density at radius 1 is 1.14 bits per heavy atom. The van der Waals surface area contributed by atoms with Crippen molar-refractivity contribution < 1.29 is 28.9 Å². The summed E-state index contributed by atoms with van der Waals surface area (Å²) in [5.74, 6) is -0.710. The number of methoxy groups -OCH3 is 1. The molecule has 0 spiro atoms. The molecular weight excluding hydrogens is 538 g/mol. The smallest absolute Gasteiger partial charge is 0.336 e. The number of halogens is 1. The zero-order valence-electron chi connectivity index (χ0n) is 21.7. The molecule has 1 fully saturated rings. The SMILES string of the molecule is CCOc1cc([C@H]2C(C(=O)OC(C)C)=C(C)N=C3C[C@H](c4ccc(OC)cc4)CC(=O)C32)cc(Br)c1O. The Bertz CT molecular complexity index is 1260. The molecule has 4 rings (SSSR count). The highest BCUT2D eigenvalue weighted by Gasteiger charge is 2.46. The first-order valence-electron chi connectivity index (χ1n) is 12.5. The Kier molecular flexibility index (Phi) is 8.07. The summed E-state index contributed by atoms with van der Waals surface area (Å²) in [7, 11) is 1.62. The van der Waals surface area contributed by atoms with Crippen LogP contribution in [-0.4, -0.2) is 42.4 Å². The zero-order chi connectivity index (χ0) is 26.9. The molecule has 3 atom stereocenters. The molecule has 37 heavy (non-hydrogen) atoms. The first-order valence-corrected chi connectivity index (χ1v) is 13.2. The number of esters is 1. The van der Waals surface area contributed by atoms with E-state index in [0.29, 0.717) is 40.8 Å². The van der Waals surface area contributed by atoms with E-state index in [2.05, 4.69) is 15.9 Å². The van der Waals surface area contributed by atoms with E-state index in [-0.39, 0.29) is 29.3 Å². The van der Waals surface area contributed by atoms with Gasteiger partial charge in [-0.25, -0.2) is 4.79 Å². The van der Waals surface area contributed by atoms with Gasteiger partial charge in [-0.2, -0.15) is 0 Å². The molecule has 0 radical (unpaired) electrons. The van der Waals surface area contributed by atoms with Crippen molar-refractivity contribution in [3.05, 3.63) is 63.3 Å². The van der Waals surface area contributed by atoms with Gasteiger partial charge in [0, 0.05) is 23.7 Å². The van der Waals surface area contributed by atoms with Gasteiger partial charge in [0.25, 0.3) is 0 Å². The highest BCUT2D eigenvalue weighted by atomic mass is 79.9. The third-order valence-corrected chi connectivity index (χ3v) is 7.42. The predicted octanol–water partition coefficient (Wildman–Crippen LogP) is 6.09. The molecule has 1 heterocycles. The lowest BCUT2D eigenvalue weighted by molar-refractivity contribution is -0.143. The Labute approximate surface area is 225 Å². The lowest BCUT2D eigenvalue weighted by Gasteiger charge is -2.38. The van der Waals surface area contributed by atoms with Crippen molar-refractivity contribution in [2.75, 3.05) is 13.7 Å². The number of hydrogen-bond donors (Lipinski definition) is 1. The fourth-order valence-corrected chi connectivity index (χ4v) is 5.69. The Morgan fingerprint density at radius 2 is 1.84 bits per heavy atom. The summed E-state index contributed by atoms with van der Waals surface area (Å²) in [5.41, 5.74) is 3.37. The molecule has 2 aromatic rings. The molecule has 0 amide bonds. The number of phenols is 1. The molecule has 7 nitrogen and oxygen atoms in total. The fourth-order valence-electron chi connectivity index (χ4n) is 5.23. The van der Waals surface area contributed by atoms with Gasteiger partial charge in [-0.15, -0.1) is 0 Å². The van der Waals surface area contributed by atoms with Gasteiger partial charge in [0.1, 0.15) is 11.5 Å². The average molecular weight is 570 g/mol. The molecule has 0 bridgehead atoms. The van der Waals surface area contributed by atoms with Crippen molar-refractivity contribution in [3.8, 4) is 17.2 Å². The van der Waals surface area contributed by atoms with E-state index in [1.54, 1.807) is 40.0 Å². The van der Waals surface area contributed by atoms with Gasteiger partial charge in [0.15, 0.2) is 11.5 Å². The van der Waals surface area contributed by atoms with Crippen LogP contribution in [0.2, 0.25) is 0 Å². The molecule has 1 saturated carbocycles. The molecular formula is C29H32BrNO6. The molecule has 2 aromatic carbocycles. The number of benzene rings is 2. The van der Waals surface area contributed by atoms with Crippen molar-refractivity contribution in [1.82, 2.24) is 0 Å². The van der Waals surface area contributed by atoms with Crippen LogP contribution < -0.4 is 9.47 Å². The molecule has 1 aliphatic carbocycles. The molecule has 0 aromatic heterocycles. The number of carbonyl (C=O) groups excluding carboxylic acids is 2. The van der Waals surface area contributed by atoms with Crippen LogP contribution in [0.15, 0.2) is 57.1 Å². The summed E-state index contributed by atoms with van der Waals surface area (Å²) < 4.78 is 16.9. The summed E-state index contributed by atoms with van der Waals surface area (Å²) in [5, 5.41) is 10.5. The minimum atomic E-state index is -0.612. The minimum absolute atomic E-state index is 0.0142. The lowest BCUT2D eigenvalue weighted by atomic mass is 9.66. The summed E-state index contributed by atoms with van der Waals surface area (Å²) in [6.07, 6.45) is 0.599. The molecule has 1 N–H and O–H groups in total. The number of phenolic OH excluding ortho intramolecular Hbond substituents is 1. The van der Waals surface area contributed by atoms with Gasteiger partial charge in [0.05, 0.1) is 35.8 Å². The van der Waals surface area contributed by atoms with Gasteiger partial charge in [-0.05, 0) is 91.4 Å². The van der Waals surface area contributed by atoms with Gasteiger partial charge in [-0.1, -0.05) is 12.1 Å². The Morgan fingerprint density at radius 3 is 2.46 bits per heavy atom. The number of fused-ring (bicyclic) bond motifs is 1. The maximum absolute atomic E-state index is 13.8. The fraction of sp³-hybridized carbons (Fsp3) is 0.414. The van der Waals surface area contributed by atoms with Crippen LogP contribution in [0.3, 0.4) is 0 Å². The third kappa shape index (κ3) is 5.44. The Balaban J connectivity index is 1.81. The number of aromatic hydroxyl groups is 1. The van der Waals surface area contributed by atoms with E-state index in [1.165, 1.54) is 0 Å². The van der Waals surface area contributed by atoms with Crippen LogP contribution in [-0.2, 0) is 14.3 Å². The third-order valence-electron chi connectivity index (χ3n) is 6.81. The number of hydrogen-bond acceptors (Lipinski definition) is 7. The van der Waals surface area contributed by atoms with Crippen LogP contribution in [0.4, 0.5) is 0 Å². The number of aliphatic imine (C=N–C) groups is 1. The minimum Gasteiger partial charge on any atom is -0.503 e. The van der Waals surface area contributed by atoms with Crippen molar-refractivity contribution >= 4 is 33.4 Å². The summed E-state index contributed by atoms with van der Waals surface area (Å²) in [6.45, 7) is 7.54. The number of ether oxygens (including phenoxy) is 3. The highest BCUT2D eigenvalue weighted by Crippen LogP contribution is 2.48. The summed E-state index contributed by atoms with van der Waals surface area (Å²) in [4.78, 5) is 31.9. The van der Waals surface area contributed by atoms with E-state index in [9.17, 15) is 14.7 Å². The normalized spacial score (nSPS) is 21.4. The van der Waals surface area contributed by atoms with Crippen LogP contribution in [0, 0.1) is 5.92 Å².